The first-order valence-corrected chi connectivity index (χ1v) is 25.9. The molecule has 1 aliphatic carbocycles. The Labute approximate surface area is 418 Å². The Kier molecular flexibility index (Phi) is 23.9. The minimum absolute atomic E-state index is 0.0373. The molecule has 3 aliphatic heterocycles. The van der Waals surface area contributed by atoms with Crippen molar-refractivity contribution in [2.24, 2.45) is 35.5 Å². The number of nitrogens with zero attached hydrogens (tertiary/aromatic N) is 1. The summed E-state index contributed by atoms with van der Waals surface area (Å²) in [6.07, 6.45) is 19.0. The SMILES string of the molecule is C#CCCCCO[C@@H]1CC[C@@H](C[C@@H](C)[C@@H]2CC(=O)[C@H](C)/C=C(\C)[C@@H](O)[C@@H](O)C(=O)[C@H](C)C[C@H](C)/C=C/C=C/C=C(\C)[C@@H](OC)C[C@@H]3CC[C@@H](C)[C@@](O)(O3)C(=O)C(=O)N3CCCC[C@H]3C(=O)O2)C[C@H]1OC. The average Bonchev–Trinajstić information content (AvgIpc) is 3.34. The normalized spacial score (nSPS) is 38.2. The molecule has 3 fully saturated rings. The number of carbonyl (C=O) groups excluding carboxylic acids is 5. The summed E-state index contributed by atoms with van der Waals surface area (Å²) in [6.45, 7) is 13.1. The highest BCUT2D eigenvalue weighted by Crippen LogP contribution is 2.38. The lowest BCUT2D eigenvalue weighted by atomic mass is 9.78. The molecule has 15 atom stereocenters. The highest BCUT2D eigenvalue weighted by atomic mass is 16.6. The quantitative estimate of drug-likeness (QED) is 0.0647. The molecule has 3 N–H and O–H groups in total. The van der Waals surface area contributed by atoms with Crippen LogP contribution < -0.4 is 0 Å². The van der Waals surface area contributed by atoms with Crippen molar-refractivity contribution in [1.82, 2.24) is 4.90 Å². The van der Waals surface area contributed by atoms with Crippen LogP contribution in [0.3, 0.4) is 0 Å². The second kappa shape index (κ2) is 28.4. The van der Waals surface area contributed by atoms with Crippen molar-refractivity contribution >= 4 is 29.2 Å². The Balaban J connectivity index is 1.66. The molecule has 0 unspecified atom stereocenters. The molecule has 3 heterocycles. The third kappa shape index (κ3) is 16.4. The number of hydrogen-bond donors (Lipinski definition) is 3. The number of terminal acetylenes is 1. The summed E-state index contributed by atoms with van der Waals surface area (Å²) < 4.78 is 30.5. The standard InChI is InChI=1S/C56H85NO13/c1-11-12-13-19-28-68-46-26-24-42(32-49(46)67-10)31-38(5)48-34-45(58)37(4)30-40(7)51(60)52(61)50(59)39(6)29-35(2)20-15-14-16-21-36(3)47(66-9)33-43-25-23-41(8)56(65,70-43)53(62)54(63)57-27-18-17-22-44(57)55(64)69-48/h1,14-16,20-21,30,35,37-39,41-44,46-49,51-52,60-61,65H,12-13,17-19,22-29,31-34H2,2-10H3/b16-14+,20-15+,36-21+,40-30+/t35-,37-,38-,39-,41-,42+,43+,44+,46-,47+,48+,49-,51-,52+,56-/m1/s1. The minimum Gasteiger partial charge on any atom is -0.460 e. The molecule has 0 radical (unpaired) electrons. The maximum Gasteiger partial charge on any atom is 0.329 e. The molecular formula is C56H85NO13. The van der Waals surface area contributed by atoms with E-state index in [0.29, 0.717) is 64.4 Å². The predicted molar refractivity (Wildman–Crippen MR) is 267 cm³/mol. The number of unbranched alkanes of at least 4 members (excludes halogenated alkanes) is 2. The van der Waals surface area contributed by atoms with Gasteiger partial charge >= 0.3 is 5.97 Å². The van der Waals surface area contributed by atoms with Crippen molar-refractivity contribution in [3.05, 3.63) is 47.6 Å². The number of aliphatic hydroxyl groups excluding tert-OH is 2. The maximum absolute atomic E-state index is 14.5. The zero-order chi connectivity index (χ0) is 51.7. The van der Waals surface area contributed by atoms with E-state index in [4.69, 9.17) is 30.1 Å². The first-order chi connectivity index (χ1) is 33.2. The fourth-order valence-electron chi connectivity index (χ4n) is 10.6. The molecule has 4 rings (SSSR count). The van der Waals surface area contributed by atoms with Gasteiger partial charge in [-0.15, -0.1) is 12.3 Å². The van der Waals surface area contributed by atoms with Crippen LogP contribution in [-0.4, -0.2) is 131 Å². The molecule has 0 spiro atoms. The Bertz CT molecular complexity index is 1920. The molecule has 14 nitrogen and oxygen atoms in total. The van der Waals surface area contributed by atoms with Gasteiger partial charge in [0.25, 0.3) is 11.7 Å². The molecule has 1 amide bonds. The minimum atomic E-state index is -2.44. The van der Waals surface area contributed by atoms with E-state index in [9.17, 15) is 39.3 Å². The van der Waals surface area contributed by atoms with Crippen molar-refractivity contribution in [2.45, 2.75) is 199 Å². The zero-order valence-electron chi connectivity index (χ0n) is 43.5. The number of ether oxygens (including phenoxy) is 5. The molecule has 70 heavy (non-hydrogen) atoms. The fourth-order valence-corrected chi connectivity index (χ4v) is 10.6. The monoisotopic (exact) mass is 980 g/mol. The van der Waals surface area contributed by atoms with Gasteiger partial charge in [0.1, 0.15) is 30.1 Å². The van der Waals surface area contributed by atoms with E-state index in [1.807, 2.05) is 51.2 Å². The molecule has 2 saturated heterocycles. The van der Waals surface area contributed by atoms with Gasteiger partial charge in [-0.25, -0.2) is 4.79 Å². The fraction of sp³-hybridized carbons (Fsp3) is 0.732. The zero-order valence-corrected chi connectivity index (χ0v) is 43.5. The van der Waals surface area contributed by atoms with Gasteiger partial charge in [0.2, 0.25) is 5.79 Å². The van der Waals surface area contributed by atoms with Crippen LogP contribution in [0.1, 0.15) is 145 Å². The first kappa shape index (κ1) is 58.8. The number of methoxy groups -OCH3 is 2. The Morgan fingerprint density at radius 3 is 2.31 bits per heavy atom. The van der Waals surface area contributed by atoms with Gasteiger partial charge in [-0.1, -0.05) is 71.1 Å². The summed E-state index contributed by atoms with van der Waals surface area (Å²) in [5.41, 5.74) is 1.12. The molecule has 1 saturated carbocycles. The summed E-state index contributed by atoms with van der Waals surface area (Å²) in [6, 6.07) is -1.15. The number of ketones is 3. The van der Waals surface area contributed by atoms with Crippen LogP contribution in [0, 0.1) is 47.9 Å². The van der Waals surface area contributed by atoms with Gasteiger partial charge in [-0.3, -0.25) is 19.2 Å². The first-order valence-electron chi connectivity index (χ1n) is 25.9. The largest absolute Gasteiger partial charge is 0.460 e. The summed E-state index contributed by atoms with van der Waals surface area (Å²) >= 11 is 0. The Morgan fingerprint density at radius 1 is 0.871 bits per heavy atom. The van der Waals surface area contributed by atoms with Crippen molar-refractivity contribution in [3.63, 3.8) is 0 Å². The van der Waals surface area contributed by atoms with Crippen LogP contribution in [0.4, 0.5) is 0 Å². The van der Waals surface area contributed by atoms with Gasteiger partial charge in [0.05, 0.1) is 24.4 Å². The summed E-state index contributed by atoms with van der Waals surface area (Å²) in [5.74, 6) is -5.80. The average molecular weight is 980 g/mol. The number of fused-ring (bicyclic) bond motifs is 3. The lowest BCUT2D eigenvalue weighted by Crippen LogP contribution is -2.61. The molecule has 0 aromatic carbocycles. The molecule has 392 valence electrons. The molecule has 0 aromatic rings. The van der Waals surface area contributed by atoms with E-state index in [1.54, 1.807) is 41.9 Å². The summed E-state index contributed by atoms with van der Waals surface area (Å²) in [4.78, 5) is 71.9. The highest BCUT2D eigenvalue weighted by Gasteiger charge is 2.53. The van der Waals surface area contributed by atoms with Gasteiger partial charge in [-0.2, -0.15) is 0 Å². The number of cyclic esters (lactones) is 1. The van der Waals surface area contributed by atoms with Crippen molar-refractivity contribution in [1.29, 1.82) is 0 Å². The number of allylic oxidation sites excluding steroid dienone is 6. The number of esters is 1. The van der Waals surface area contributed by atoms with Crippen LogP contribution >= 0.6 is 0 Å². The van der Waals surface area contributed by atoms with Crippen molar-refractivity contribution in [3.8, 4) is 12.3 Å². The second-order valence-corrected chi connectivity index (χ2v) is 20.9. The van der Waals surface area contributed by atoms with E-state index in [-0.39, 0.29) is 60.7 Å². The third-order valence-corrected chi connectivity index (χ3v) is 15.3. The number of carbonyl (C=O) groups is 5. The highest BCUT2D eigenvalue weighted by molar-refractivity contribution is 6.39. The number of hydrogen-bond acceptors (Lipinski definition) is 13. The van der Waals surface area contributed by atoms with Gasteiger partial charge < -0.3 is 43.9 Å². The topological polar surface area (TPSA) is 195 Å². The molecular weight excluding hydrogens is 895 g/mol. The van der Waals surface area contributed by atoms with Gasteiger partial charge in [0.15, 0.2) is 5.78 Å². The smallest absolute Gasteiger partial charge is 0.329 e. The van der Waals surface area contributed by atoms with Crippen LogP contribution in [0.5, 0.6) is 0 Å². The lowest BCUT2D eigenvalue weighted by Gasteiger charge is -2.42. The van der Waals surface area contributed by atoms with E-state index in [0.717, 1.165) is 31.3 Å². The third-order valence-electron chi connectivity index (χ3n) is 15.3. The van der Waals surface area contributed by atoms with Crippen molar-refractivity contribution in [2.75, 3.05) is 27.4 Å². The van der Waals surface area contributed by atoms with Crippen LogP contribution in [0.25, 0.3) is 0 Å². The number of amides is 1. The van der Waals surface area contributed by atoms with Gasteiger partial charge in [-0.05, 0) is 120 Å². The number of rotatable bonds is 10. The Hall–Kier alpha value is -3.81. The van der Waals surface area contributed by atoms with E-state index in [2.05, 4.69) is 5.92 Å². The van der Waals surface area contributed by atoms with Crippen LogP contribution in [0.2, 0.25) is 0 Å². The van der Waals surface area contributed by atoms with Gasteiger partial charge in [0, 0.05) is 64.4 Å². The maximum atomic E-state index is 14.5. The molecule has 2 bridgehead atoms. The second-order valence-electron chi connectivity index (χ2n) is 20.9. The van der Waals surface area contributed by atoms with E-state index in [1.165, 1.54) is 11.0 Å². The lowest BCUT2D eigenvalue weighted by molar-refractivity contribution is -0.265. The predicted octanol–water partition coefficient (Wildman–Crippen LogP) is 7.35. The molecule has 14 heteroatoms. The number of aliphatic hydroxyl groups is 3. The molecule has 4 aliphatic rings. The number of Topliss-reactive ketones (excluding diaryl/α,β-unsaturated/α-hetero) is 3. The van der Waals surface area contributed by atoms with E-state index >= 15 is 0 Å². The van der Waals surface area contributed by atoms with Crippen molar-refractivity contribution < 1.29 is 63.0 Å². The van der Waals surface area contributed by atoms with E-state index < -0.39 is 83.5 Å². The van der Waals surface area contributed by atoms with Crippen LogP contribution in [-0.2, 0) is 47.7 Å². The Morgan fingerprint density at radius 2 is 1.61 bits per heavy atom. The van der Waals surface area contributed by atoms with Crippen LogP contribution in [0.15, 0.2) is 47.6 Å². The summed E-state index contributed by atoms with van der Waals surface area (Å²) in [5, 5.41) is 34.3. The summed E-state index contributed by atoms with van der Waals surface area (Å²) in [7, 11) is 3.24. The molecule has 0 aromatic heterocycles. The number of piperidine rings is 1.